The summed E-state index contributed by atoms with van der Waals surface area (Å²) in [6.45, 7) is 7.59. The van der Waals surface area contributed by atoms with Crippen molar-refractivity contribution in [3.05, 3.63) is 29.6 Å². The van der Waals surface area contributed by atoms with Gasteiger partial charge in [0.15, 0.2) is 0 Å². The Bertz CT molecular complexity index is 479. The third kappa shape index (κ3) is 5.90. The molecular formula is C14H18N2O2. The first kappa shape index (κ1) is 14.0. The van der Waals surface area contributed by atoms with Crippen LogP contribution >= 0.6 is 0 Å². The first-order valence-electron chi connectivity index (χ1n) is 5.76. The Morgan fingerprint density at radius 2 is 2.17 bits per heavy atom. The minimum atomic E-state index is -0.490. The van der Waals surface area contributed by atoms with E-state index in [9.17, 15) is 4.79 Å². The molecule has 0 bridgehead atoms. The van der Waals surface area contributed by atoms with Gasteiger partial charge in [0.1, 0.15) is 11.3 Å². The number of hydrogen-bond donors (Lipinski definition) is 1. The van der Waals surface area contributed by atoms with Gasteiger partial charge in [0.2, 0.25) is 0 Å². The number of alkyl carbamates (subject to hydrolysis) is 1. The molecule has 1 heterocycles. The third-order valence-corrected chi connectivity index (χ3v) is 1.82. The average molecular weight is 246 g/mol. The molecule has 0 aliphatic carbocycles. The predicted octanol–water partition coefficient (Wildman–Crippen LogP) is 2.27. The zero-order chi connectivity index (χ0) is 13.6. The zero-order valence-electron chi connectivity index (χ0n) is 11.2. The van der Waals surface area contributed by atoms with Gasteiger partial charge >= 0.3 is 6.09 Å². The van der Waals surface area contributed by atoms with Gasteiger partial charge in [-0.1, -0.05) is 12.0 Å². The highest BCUT2D eigenvalue weighted by molar-refractivity contribution is 5.68. The van der Waals surface area contributed by atoms with E-state index in [0.29, 0.717) is 5.69 Å². The first-order chi connectivity index (χ1) is 8.37. The Morgan fingerprint density at radius 1 is 1.44 bits per heavy atom. The largest absolute Gasteiger partial charge is 0.444 e. The Balaban J connectivity index is 2.41. The Hall–Kier alpha value is -2.02. The summed E-state index contributed by atoms with van der Waals surface area (Å²) in [4.78, 5) is 15.5. The number of aryl methyl sites for hydroxylation is 1. The molecule has 1 N–H and O–H groups in total. The molecule has 0 aliphatic heterocycles. The van der Waals surface area contributed by atoms with E-state index in [1.165, 1.54) is 0 Å². The number of nitrogens with one attached hydrogen (secondary N) is 1. The van der Waals surface area contributed by atoms with Gasteiger partial charge in [0.05, 0.1) is 6.54 Å². The molecule has 1 amide bonds. The molecule has 1 aromatic heterocycles. The van der Waals surface area contributed by atoms with Crippen molar-refractivity contribution >= 4 is 6.09 Å². The summed E-state index contributed by atoms with van der Waals surface area (Å²) in [5, 5.41) is 2.56. The predicted molar refractivity (Wildman–Crippen MR) is 70.1 cm³/mol. The fourth-order valence-electron chi connectivity index (χ4n) is 1.18. The smallest absolute Gasteiger partial charge is 0.408 e. The number of pyridine rings is 1. The van der Waals surface area contributed by atoms with Crippen LogP contribution in [-0.4, -0.2) is 23.2 Å². The Labute approximate surface area is 108 Å². The van der Waals surface area contributed by atoms with Gasteiger partial charge in [-0.15, -0.1) is 0 Å². The van der Waals surface area contributed by atoms with Gasteiger partial charge in [-0.25, -0.2) is 9.78 Å². The lowest BCUT2D eigenvalue weighted by molar-refractivity contribution is 0.0535. The van der Waals surface area contributed by atoms with E-state index < -0.39 is 11.7 Å². The second kappa shape index (κ2) is 6.06. The molecule has 0 saturated heterocycles. The van der Waals surface area contributed by atoms with Gasteiger partial charge in [-0.3, -0.25) is 0 Å². The molecule has 0 atom stereocenters. The van der Waals surface area contributed by atoms with Gasteiger partial charge in [0.25, 0.3) is 0 Å². The number of amides is 1. The zero-order valence-corrected chi connectivity index (χ0v) is 11.2. The maximum atomic E-state index is 11.3. The van der Waals surface area contributed by atoms with Crippen molar-refractivity contribution < 1.29 is 9.53 Å². The maximum absolute atomic E-state index is 11.3. The fraction of sp³-hybridized carbons (Fsp3) is 0.429. The summed E-state index contributed by atoms with van der Waals surface area (Å²) in [6.07, 6.45) is -0.464. The monoisotopic (exact) mass is 246 g/mol. The molecule has 0 saturated carbocycles. The number of hydrogen-bond acceptors (Lipinski definition) is 3. The highest BCUT2D eigenvalue weighted by Gasteiger charge is 2.14. The summed E-state index contributed by atoms with van der Waals surface area (Å²) < 4.78 is 5.08. The van der Waals surface area contributed by atoms with Crippen LogP contribution in [-0.2, 0) is 4.74 Å². The van der Waals surface area contributed by atoms with E-state index in [1.807, 2.05) is 45.9 Å². The van der Waals surface area contributed by atoms with E-state index in [4.69, 9.17) is 4.74 Å². The van der Waals surface area contributed by atoms with Crippen molar-refractivity contribution in [3.63, 3.8) is 0 Å². The van der Waals surface area contributed by atoms with Crippen LogP contribution in [0.3, 0.4) is 0 Å². The van der Waals surface area contributed by atoms with Crippen LogP contribution < -0.4 is 5.32 Å². The number of rotatable bonds is 1. The Kier molecular flexibility index (Phi) is 4.73. The molecule has 0 aliphatic rings. The van der Waals surface area contributed by atoms with E-state index in [-0.39, 0.29) is 6.54 Å². The highest BCUT2D eigenvalue weighted by atomic mass is 16.6. The summed E-state index contributed by atoms with van der Waals surface area (Å²) >= 11 is 0. The van der Waals surface area contributed by atoms with Crippen molar-refractivity contribution in [2.75, 3.05) is 6.54 Å². The lowest BCUT2D eigenvalue weighted by atomic mass is 10.2. The van der Waals surface area contributed by atoms with Crippen LogP contribution in [0.4, 0.5) is 4.79 Å². The van der Waals surface area contributed by atoms with Gasteiger partial charge < -0.3 is 10.1 Å². The molecular weight excluding hydrogens is 228 g/mol. The number of carbonyl (C=O) groups is 1. The van der Waals surface area contributed by atoms with Crippen LogP contribution in [0.25, 0.3) is 0 Å². The van der Waals surface area contributed by atoms with Gasteiger partial charge in [0, 0.05) is 5.69 Å². The van der Waals surface area contributed by atoms with Crippen LogP contribution in [0.15, 0.2) is 18.2 Å². The molecule has 18 heavy (non-hydrogen) atoms. The van der Waals surface area contributed by atoms with Crippen LogP contribution in [0.5, 0.6) is 0 Å². The van der Waals surface area contributed by atoms with Crippen molar-refractivity contribution in [1.29, 1.82) is 0 Å². The standard InChI is InChI=1S/C14H18N2O2/c1-11-7-5-8-12(16-11)9-6-10-15-13(17)18-14(2,3)4/h5,7-8H,10H2,1-4H3,(H,15,17). The van der Waals surface area contributed by atoms with E-state index in [1.54, 1.807) is 0 Å². The lowest BCUT2D eigenvalue weighted by Crippen LogP contribution is -2.32. The molecule has 0 unspecified atom stereocenters. The summed E-state index contributed by atoms with van der Waals surface area (Å²) in [5.41, 5.74) is 1.12. The topological polar surface area (TPSA) is 51.2 Å². The molecule has 4 nitrogen and oxygen atoms in total. The summed E-state index contributed by atoms with van der Waals surface area (Å²) in [5.74, 6) is 5.69. The maximum Gasteiger partial charge on any atom is 0.408 e. The number of carbonyl (C=O) groups excluding carboxylic acids is 1. The third-order valence-electron chi connectivity index (χ3n) is 1.82. The van der Waals surface area contributed by atoms with Crippen LogP contribution in [0.1, 0.15) is 32.2 Å². The minimum absolute atomic E-state index is 0.241. The quantitative estimate of drug-likeness (QED) is 0.773. The lowest BCUT2D eigenvalue weighted by Gasteiger charge is -2.18. The van der Waals surface area contributed by atoms with E-state index in [2.05, 4.69) is 22.1 Å². The number of aromatic nitrogens is 1. The van der Waals surface area contributed by atoms with Gasteiger partial charge in [-0.05, 0) is 45.7 Å². The average Bonchev–Trinajstić information content (AvgIpc) is 2.22. The first-order valence-corrected chi connectivity index (χ1v) is 5.76. The molecule has 0 radical (unpaired) electrons. The van der Waals surface area contributed by atoms with Crippen molar-refractivity contribution in [2.45, 2.75) is 33.3 Å². The van der Waals surface area contributed by atoms with Crippen molar-refractivity contribution in [1.82, 2.24) is 10.3 Å². The summed E-state index contributed by atoms with van der Waals surface area (Å²) in [6, 6.07) is 5.63. The highest BCUT2D eigenvalue weighted by Crippen LogP contribution is 2.05. The summed E-state index contributed by atoms with van der Waals surface area (Å²) in [7, 11) is 0. The normalized spacial score (nSPS) is 10.2. The SMILES string of the molecule is Cc1cccc(C#CCNC(=O)OC(C)(C)C)n1. The second-order valence-electron chi connectivity index (χ2n) is 4.82. The molecule has 1 rings (SSSR count). The van der Waals surface area contributed by atoms with Crippen LogP contribution in [0, 0.1) is 18.8 Å². The molecule has 1 aromatic rings. The molecule has 4 heteroatoms. The molecule has 0 fully saturated rings. The number of nitrogens with zero attached hydrogens (tertiary/aromatic N) is 1. The van der Waals surface area contributed by atoms with Crippen molar-refractivity contribution in [3.8, 4) is 11.8 Å². The van der Waals surface area contributed by atoms with E-state index >= 15 is 0 Å². The number of ether oxygens (including phenoxy) is 1. The molecule has 0 spiro atoms. The molecule has 96 valence electrons. The van der Waals surface area contributed by atoms with Crippen LogP contribution in [0.2, 0.25) is 0 Å². The van der Waals surface area contributed by atoms with E-state index in [0.717, 1.165) is 5.69 Å². The Morgan fingerprint density at radius 3 is 2.78 bits per heavy atom. The fourth-order valence-corrected chi connectivity index (χ4v) is 1.18. The van der Waals surface area contributed by atoms with Gasteiger partial charge in [-0.2, -0.15) is 0 Å². The minimum Gasteiger partial charge on any atom is -0.444 e. The second-order valence-corrected chi connectivity index (χ2v) is 4.82. The van der Waals surface area contributed by atoms with Crippen molar-refractivity contribution in [2.24, 2.45) is 0 Å². The molecule has 0 aromatic carbocycles.